The van der Waals surface area contributed by atoms with E-state index >= 15 is 0 Å². The second-order valence-electron chi connectivity index (χ2n) is 5.51. The minimum absolute atomic E-state index is 0.0278. The Balaban J connectivity index is 2.55. The fraction of sp³-hybridized carbons (Fsp3) is 0.833. The molecule has 0 aliphatic heterocycles. The second-order valence-corrected chi connectivity index (χ2v) is 5.51. The molecule has 1 rings (SSSR count). The van der Waals surface area contributed by atoms with Gasteiger partial charge in [0, 0.05) is 0 Å². The molecule has 0 aromatic carbocycles. The molecular weight excluding hydrogens is 222 g/mol. The van der Waals surface area contributed by atoms with E-state index < -0.39 is 23.7 Å². The van der Waals surface area contributed by atoms with E-state index in [1.807, 2.05) is 0 Å². The maximum absolute atomic E-state index is 11.5. The molecule has 1 amide bonds. The number of aliphatic carboxylic acids is 1. The fourth-order valence-corrected chi connectivity index (χ4v) is 2.11. The summed E-state index contributed by atoms with van der Waals surface area (Å²) in [6.07, 6.45) is 3.12. The molecule has 5 nitrogen and oxygen atoms in total. The molecule has 0 radical (unpaired) electrons. The number of ether oxygens (including phenoxy) is 1. The number of hydrogen-bond acceptors (Lipinski definition) is 3. The van der Waals surface area contributed by atoms with Crippen LogP contribution < -0.4 is 5.32 Å². The van der Waals surface area contributed by atoms with Gasteiger partial charge in [-0.05, 0) is 39.5 Å². The van der Waals surface area contributed by atoms with E-state index in [2.05, 4.69) is 5.32 Å². The van der Waals surface area contributed by atoms with E-state index in [1.54, 1.807) is 20.8 Å². The first-order chi connectivity index (χ1) is 7.79. The maximum Gasteiger partial charge on any atom is 0.408 e. The third-order valence-electron chi connectivity index (χ3n) is 2.81. The Hall–Kier alpha value is -1.26. The molecule has 0 spiro atoms. The molecule has 17 heavy (non-hydrogen) atoms. The van der Waals surface area contributed by atoms with Crippen LogP contribution in [0.3, 0.4) is 0 Å². The van der Waals surface area contributed by atoms with E-state index in [0.717, 1.165) is 25.7 Å². The number of hydrogen-bond donors (Lipinski definition) is 2. The van der Waals surface area contributed by atoms with Gasteiger partial charge in [-0.25, -0.2) is 9.59 Å². The minimum Gasteiger partial charge on any atom is -0.480 e. The third kappa shape index (κ3) is 4.63. The van der Waals surface area contributed by atoms with Gasteiger partial charge >= 0.3 is 12.1 Å². The first kappa shape index (κ1) is 13.8. The summed E-state index contributed by atoms with van der Waals surface area (Å²) in [6, 6.07) is -0.827. The molecule has 1 saturated carbocycles. The average Bonchev–Trinajstić information content (AvgIpc) is 2.63. The van der Waals surface area contributed by atoms with Crippen LogP contribution in [0, 0.1) is 5.92 Å². The van der Waals surface area contributed by atoms with Gasteiger partial charge in [-0.15, -0.1) is 0 Å². The number of carbonyl (C=O) groups excluding carboxylic acids is 1. The summed E-state index contributed by atoms with van der Waals surface area (Å²) in [5, 5.41) is 11.6. The molecule has 0 aromatic heterocycles. The molecule has 98 valence electrons. The van der Waals surface area contributed by atoms with Gasteiger partial charge in [0.15, 0.2) is 0 Å². The summed E-state index contributed by atoms with van der Waals surface area (Å²) < 4.78 is 5.06. The number of alkyl carbamates (subject to hydrolysis) is 1. The molecule has 0 saturated heterocycles. The molecule has 1 aliphatic carbocycles. The summed E-state index contributed by atoms with van der Waals surface area (Å²) in [7, 11) is 0. The molecular formula is C12H21NO4. The van der Waals surface area contributed by atoms with E-state index in [-0.39, 0.29) is 5.92 Å². The van der Waals surface area contributed by atoms with Gasteiger partial charge < -0.3 is 15.2 Å². The first-order valence-corrected chi connectivity index (χ1v) is 6.02. The Bertz CT molecular complexity index is 289. The molecule has 1 fully saturated rings. The largest absolute Gasteiger partial charge is 0.480 e. The van der Waals surface area contributed by atoms with Crippen LogP contribution in [0.25, 0.3) is 0 Å². The van der Waals surface area contributed by atoms with Crippen molar-refractivity contribution in [1.29, 1.82) is 0 Å². The zero-order chi connectivity index (χ0) is 13.1. The van der Waals surface area contributed by atoms with Gasteiger partial charge in [0.2, 0.25) is 0 Å². The smallest absolute Gasteiger partial charge is 0.408 e. The summed E-state index contributed by atoms with van der Waals surface area (Å²) in [6.45, 7) is 5.24. The zero-order valence-corrected chi connectivity index (χ0v) is 10.7. The van der Waals surface area contributed by atoms with E-state index in [9.17, 15) is 9.59 Å². The highest BCUT2D eigenvalue weighted by atomic mass is 16.6. The second kappa shape index (κ2) is 5.38. The number of rotatable bonds is 3. The predicted octanol–water partition coefficient (Wildman–Crippen LogP) is 2.15. The van der Waals surface area contributed by atoms with Gasteiger partial charge in [0.25, 0.3) is 0 Å². The maximum atomic E-state index is 11.5. The Morgan fingerprint density at radius 3 is 2.24 bits per heavy atom. The fourth-order valence-electron chi connectivity index (χ4n) is 2.11. The van der Waals surface area contributed by atoms with Gasteiger partial charge in [0.1, 0.15) is 11.6 Å². The van der Waals surface area contributed by atoms with Crippen LogP contribution in [0.5, 0.6) is 0 Å². The van der Waals surface area contributed by atoms with Crippen molar-refractivity contribution in [3.05, 3.63) is 0 Å². The molecule has 0 unspecified atom stereocenters. The number of nitrogens with one attached hydrogen (secondary N) is 1. The Labute approximate surface area is 102 Å². The van der Waals surface area contributed by atoms with Gasteiger partial charge in [-0.3, -0.25) is 0 Å². The average molecular weight is 243 g/mol. The SMILES string of the molecule is CC(C)(C)OC(=O)N[C@@H](C(=O)O)C1CCCC1. The minimum atomic E-state index is -0.984. The van der Waals surface area contributed by atoms with Crippen molar-refractivity contribution in [3.63, 3.8) is 0 Å². The van der Waals surface area contributed by atoms with Crippen molar-refractivity contribution in [3.8, 4) is 0 Å². The lowest BCUT2D eigenvalue weighted by atomic mass is 9.98. The van der Waals surface area contributed by atoms with Crippen LogP contribution in [0.4, 0.5) is 4.79 Å². The zero-order valence-electron chi connectivity index (χ0n) is 10.7. The van der Waals surface area contributed by atoms with Crippen LogP contribution in [0.2, 0.25) is 0 Å². The quantitative estimate of drug-likeness (QED) is 0.796. The lowest BCUT2D eigenvalue weighted by Gasteiger charge is -2.24. The Kier molecular flexibility index (Phi) is 4.37. The number of carboxylic acids is 1. The predicted molar refractivity (Wildman–Crippen MR) is 62.8 cm³/mol. The van der Waals surface area contributed by atoms with Crippen molar-refractivity contribution in [2.24, 2.45) is 5.92 Å². The van der Waals surface area contributed by atoms with Crippen LogP contribution >= 0.6 is 0 Å². The monoisotopic (exact) mass is 243 g/mol. The van der Waals surface area contributed by atoms with Crippen molar-refractivity contribution in [1.82, 2.24) is 5.32 Å². The molecule has 0 bridgehead atoms. The lowest BCUT2D eigenvalue weighted by Crippen LogP contribution is -2.47. The van der Waals surface area contributed by atoms with Crippen molar-refractivity contribution in [2.75, 3.05) is 0 Å². The van der Waals surface area contributed by atoms with Crippen LogP contribution in [-0.4, -0.2) is 28.8 Å². The summed E-state index contributed by atoms with van der Waals surface area (Å²) in [5.74, 6) is -0.956. The van der Waals surface area contributed by atoms with Crippen molar-refractivity contribution in [2.45, 2.75) is 58.1 Å². The normalized spacial score (nSPS) is 18.8. The van der Waals surface area contributed by atoms with Crippen LogP contribution in [0.15, 0.2) is 0 Å². The van der Waals surface area contributed by atoms with Crippen molar-refractivity contribution < 1.29 is 19.4 Å². The van der Waals surface area contributed by atoms with Crippen LogP contribution in [0.1, 0.15) is 46.5 Å². The van der Waals surface area contributed by atoms with Gasteiger partial charge in [-0.2, -0.15) is 0 Å². The van der Waals surface area contributed by atoms with Gasteiger partial charge in [-0.1, -0.05) is 12.8 Å². The van der Waals surface area contributed by atoms with E-state index in [1.165, 1.54) is 0 Å². The first-order valence-electron chi connectivity index (χ1n) is 6.02. The van der Waals surface area contributed by atoms with Crippen molar-refractivity contribution >= 4 is 12.1 Å². The summed E-state index contributed by atoms with van der Waals surface area (Å²) in [4.78, 5) is 22.7. The van der Waals surface area contributed by atoms with Crippen LogP contribution in [-0.2, 0) is 9.53 Å². The van der Waals surface area contributed by atoms with E-state index in [4.69, 9.17) is 9.84 Å². The lowest BCUT2D eigenvalue weighted by molar-refractivity contribution is -0.140. The Morgan fingerprint density at radius 1 is 1.29 bits per heavy atom. The van der Waals surface area contributed by atoms with E-state index in [0.29, 0.717) is 0 Å². The van der Waals surface area contributed by atoms with Gasteiger partial charge in [0.05, 0.1) is 0 Å². The molecule has 2 N–H and O–H groups in total. The number of carbonyl (C=O) groups is 2. The molecule has 1 aliphatic rings. The molecule has 1 atom stereocenters. The third-order valence-corrected chi connectivity index (χ3v) is 2.81. The number of amides is 1. The topological polar surface area (TPSA) is 75.6 Å². The summed E-state index contributed by atoms with van der Waals surface area (Å²) in [5.41, 5.74) is -0.608. The Morgan fingerprint density at radius 2 is 1.82 bits per heavy atom. The molecule has 5 heteroatoms. The highest BCUT2D eigenvalue weighted by Crippen LogP contribution is 2.28. The number of carboxylic acid groups (broad SMARTS) is 1. The standard InChI is InChI=1S/C12H21NO4/c1-12(2,3)17-11(16)13-9(10(14)15)8-6-4-5-7-8/h8-9H,4-7H2,1-3H3,(H,13,16)(H,14,15)/t9-/m1/s1. The highest BCUT2D eigenvalue weighted by molar-refractivity contribution is 5.80. The summed E-state index contributed by atoms with van der Waals surface area (Å²) >= 11 is 0. The molecule has 0 heterocycles. The highest BCUT2D eigenvalue weighted by Gasteiger charge is 2.32. The molecule has 0 aromatic rings.